The number of amides is 3. The zero-order chi connectivity index (χ0) is 21.2. The molecule has 2 rings (SSSR count). The third-order valence-electron chi connectivity index (χ3n) is 3.96. The van der Waals surface area contributed by atoms with Gasteiger partial charge in [-0.2, -0.15) is 0 Å². The molecule has 0 aliphatic carbocycles. The number of nitrogens with one attached hydrogen (secondary N) is 2. The van der Waals surface area contributed by atoms with Gasteiger partial charge in [0.25, 0.3) is 5.91 Å². The van der Waals surface area contributed by atoms with Crippen molar-refractivity contribution >= 4 is 17.9 Å². The fourth-order valence-corrected chi connectivity index (χ4v) is 2.63. The van der Waals surface area contributed by atoms with Crippen LogP contribution in [0.15, 0.2) is 54.6 Å². The second kappa shape index (κ2) is 10.7. The Morgan fingerprint density at radius 3 is 2.38 bits per heavy atom. The molecular weight excluding hydrogens is 374 g/mol. The van der Waals surface area contributed by atoms with Crippen LogP contribution in [-0.4, -0.2) is 30.6 Å². The lowest BCUT2D eigenvalue weighted by atomic mass is 10.0. The van der Waals surface area contributed by atoms with Crippen LogP contribution >= 0.6 is 0 Å². The molecule has 0 aliphatic heterocycles. The summed E-state index contributed by atoms with van der Waals surface area (Å²) in [5, 5.41) is 5.10. The first-order chi connectivity index (χ1) is 13.9. The highest BCUT2D eigenvalue weighted by Gasteiger charge is 2.22. The fraction of sp³-hybridized carbons (Fsp3) is 0.286. The molecule has 0 bridgehead atoms. The van der Waals surface area contributed by atoms with E-state index in [9.17, 15) is 14.4 Å². The topological polar surface area (TPSA) is 120 Å². The summed E-state index contributed by atoms with van der Waals surface area (Å²) in [6.45, 7) is 3.68. The fourth-order valence-electron chi connectivity index (χ4n) is 2.63. The molecule has 0 fully saturated rings. The van der Waals surface area contributed by atoms with Crippen molar-refractivity contribution in [3.05, 3.63) is 60.2 Å². The van der Waals surface area contributed by atoms with E-state index >= 15 is 0 Å². The van der Waals surface area contributed by atoms with E-state index in [-0.39, 0.29) is 6.42 Å². The van der Waals surface area contributed by atoms with Gasteiger partial charge in [-0.05, 0) is 43.7 Å². The van der Waals surface area contributed by atoms with Gasteiger partial charge >= 0.3 is 12.0 Å². The summed E-state index contributed by atoms with van der Waals surface area (Å²) in [4.78, 5) is 35.4. The second-order valence-corrected chi connectivity index (χ2v) is 6.28. The minimum Gasteiger partial charge on any atom is -0.457 e. The van der Waals surface area contributed by atoms with Gasteiger partial charge in [-0.1, -0.05) is 30.3 Å². The summed E-state index contributed by atoms with van der Waals surface area (Å²) in [6.07, 6.45) is -1.13. The van der Waals surface area contributed by atoms with Crippen molar-refractivity contribution in [3.8, 4) is 11.5 Å². The third kappa shape index (κ3) is 7.17. The Hall–Kier alpha value is -3.55. The number of para-hydroxylation sites is 1. The molecule has 0 unspecified atom stereocenters. The maximum atomic E-state index is 12.3. The first kappa shape index (κ1) is 21.7. The van der Waals surface area contributed by atoms with Gasteiger partial charge in [0.15, 0.2) is 6.10 Å². The van der Waals surface area contributed by atoms with Gasteiger partial charge in [0.2, 0.25) is 0 Å². The number of esters is 1. The Labute approximate surface area is 169 Å². The number of primary amides is 1. The zero-order valence-corrected chi connectivity index (χ0v) is 16.4. The largest absolute Gasteiger partial charge is 0.457 e. The number of rotatable bonds is 9. The lowest BCUT2D eigenvalue weighted by Gasteiger charge is -2.19. The lowest BCUT2D eigenvalue weighted by Crippen LogP contribution is -2.38. The lowest BCUT2D eigenvalue weighted by molar-refractivity contribution is -0.155. The van der Waals surface area contributed by atoms with Crippen molar-refractivity contribution < 1.29 is 23.9 Å². The molecule has 0 radical (unpaired) electrons. The average molecular weight is 399 g/mol. The minimum absolute atomic E-state index is 0.193. The second-order valence-electron chi connectivity index (χ2n) is 6.28. The van der Waals surface area contributed by atoms with E-state index in [0.717, 1.165) is 0 Å². The first-order valence-electron chi connectivity index (χ1n) is 9.25. The van der Waals surface area contributed by atoms with Crippen LogP contribution in [0.4, 0.5) is 4.79 Å². The Morgan fingerprint density at radius 2 is 1.72 bits per heavy atom. The molecule has 29 heavy (non-hydrogen) atoms. The molecule has 8 heteroatoms. The van der Waals surface area contributed by atoms with Crippen LogP contribution < -0.4 is 21.1 Å². The molecule has 0 aromatic heterocycles. The minimum atomic E-state index is -0.940. The van der Waals surface area contributed by atoms with Crippen LogP contribution in [0.1, 0.15) is 31.9 Å². The van der Waals surface area contributed by atoms with E-state index in [1.54, 1.807) is 31.2 Å². The number of hydrogen-bond donors (Lipinski definition) is 3. The highest BCUT2D eigenvalue weighted by molar-refractivity contribution is 5.83. The highest BCUT2D eigenvalue weighted by atomic mass is 16.5. The van der Waals surface area contributed by atoms with E-state index in [0.29, 0.717) is 23.6 Å². The summed E-state index contributed by atoms with van der Waals surface area (Å²) >= 11 is 0. The molecule has 0 saturated carbocycles. The summed E-state index contributed by atoms with van der Waals surface area (Å²) in [5.74, 6) is 0.156. The Balaban J connectivity index is 2.11. The number of nitrogens with two attached hydrogens (primary N) is 1. The number of hydrogen-bond acceptors (Lipinski definition) is 5. The summed E-state index contributed by atoms with van der Waals surface area (Å²) in [6, 6.07) is 14.6. The normalized spacial score (nSPS) is 12.3. The van der Waals surface area contributed by atoms with Gasteiger partial charge in [-0.25, -0.2) is 4.79 Å². The van der Waals surface area contributed by atoms with Crippen molar-refractivity contribution in [2.75, 3.05) is 6.54 Å². The maximum Gasteiger partial charge on any atom is 0.312 e. The number of carbonyl (C=O) groups is 3. The van der Waals surface area contributed by atoms with Crippen molar-refractivity contribution in [2.24, 2.45) is 5.73 Å². The van der Waals surface area contributed by atoms with E-state index in [1.807, 2.05) is 30.3 Å². The van der Waals surface area contributed by atoms with Crippen molar-refractivity contribution in [1.82, 2.24) is 10.6 Å². The van der Waals surface area contributed by atoms with E-state index < -0.39 is 30.1 Å². The SMILES string of the molecule is CCNC(=O)[C@H](C)OC(=O)C[C@@H](NC(N)=O)c1cccc(Oc2ccccc2)c1. The molecule has 2 aromatic rings. The summed E-state index contributed by atoms with van der Waals surface area (Å²) < 4.78 is 10.9. The average Bonchev–Trinajstić information content (AvgIpc) is 2.68. The molecule has 2 aromatic carbocycles. The number of carbonyl (C=O) groups excluding carboxylic acids is 3. The Morgan fingerprint density at radius 1 is 1.03 bits per heavy atom. The molecule has 2 atom stereocenters. The van der Waals surface area contributed by atoms with Crippen LogP contribution in [0.2, 0.25) is 0 Å². The molecule has 3 amide bonds. The molecular formula is C21H25N3O5. The number of benzene rings is 2. The molecule has 154 valence electrons. The van der Waals surface area contributed by atoms with Gasteiger partial charge in [0.05, 0.1) is 12.5 Å². The highest BCUT2D eigenvalue weighted by Crippen LogP contribution is 2.26. The van der Waals surface area contributed by atoms with Crippen molar-refractivity contribution in [3.63, 3.8) is 0 Å². The Bertz CT molecular complexity index is 841. The monoisotopic (exact) mass is 399 g/mol. The predicted molar refractivity (Wildman–Crippen MR) is 107 cm³/mol. The zero-order valence-electron chi connectivity index (χ0n) is 16.4. The molecule has 8 nitrogen and oxygen atoms in total. The predicted octanol–water partition coefficient (Wildman–Crippen LogP) is 2.65. The number of urea groups is 1. The standard InChI is InChI=1S/C21H25N3O5/c1-3-23-20(26)14(2)28-19(25)13-18(24-21(22)27)15-8-7-11-17(12-15)29-16-9-5-4-6-10-16/h4-12,14,18H,3,13H2,1-2H3,(H,23,26)(H3,22,24,27)/t14-,18+/m0/s1. The van der Waals surface area contributed by atoms with Gasteiger partial charge in [0.1, 0.15) is 11.5 Å². The van der Waals surface area contributed by atoms with Crippen molar-refractivity contribution in [1.29, 1.82) is 0 Å². The number of ether oxygens (including phenoxy) is 2. The third-order valence-corrected chi connectivity index (χ3v) is 3.96. The summed E-state index contributed by atoms with van der Waals surface area (Å²) in [5.41, 5.74) is 5.87. The van der Waals surface area contributed by atoms with Gasteiger partial charge in [0, 0.05) is 6.54 Å². The smallest absolute Gasteiger partial charge is 0.312 e. The van der Waals surface area contributed by atoms with Crippen LogP contribution in [0.25, 0.3) is 0 Å². The van der Waals surface area contributed by atoms with Crippen molar-refractivity contribution in [2.45, 2.75) is 32.4 Å². The van der Waals surface area contributed by atoms with Gasteiger partial charge in [-0.15, -0.1) is 0 Å². The van der Waals surface area contributed by atoms with Crippen LogP contribution in [0.5, 0.6) is 11.5 Å². The Kier molecular flexibility index (Phi) is 8.02. The molecule has 0 spiro atoms. The van der Waals surface area contributed by atoms with E-state index in [1.165, 1.54) is 6.92 Å². The maximum absolute atomic E-state index is 12.3. The molecule has 0 saturated heterocycles. The quantitative estimate of drug-likeness (QED) is 0.560. The first-order valence-corrected chi connectivity index (χ1v) is 9.25. The van der Waals surface area contributed by atoms with Crippen LogP contribution in [-0.2, 0) is 14.3 Å². The van der Waals surface area contributed by atoms with Gasteiger partial charge in [-0.3, -0.25) is 9.59 Å². The van der Waals surface area contributed by atoms with E-state index in [4.69, 9.17) is 15.2 Å². The van der Waals surface area contributed by atoms with Gasteiger partial charge < -0.3 is 25.8 Å². The van der Waals surface area contributed by atoms with Crippen LogP contribution in [0.3, 0.4) is 0 Å². The van der Waals surface area contributed by atoms with E-state index in [2.05, 4.69) is 10.6 Å². The molecule has 0 heterocycles. The molecule has 0 aliphatic rings. The summed E-state index contributed by atoms with van der Waals surface area (Å²) in [7, 11) is 0. The number of likely N-dealkylation sites (N-methyl/N-ethyl adjacent to an activating group) is 1. The van der Waals surface area contributed by atoms with Crippen LogP contribution in [0, 0.1) is 0 Å². The molecule has 4 N–H and O–H groups in total.